The average molecular weight is 668 g/mol. The van der Waals surface area contributed by atoms with E-state index in [0.29, 0.717) is 13.1 Å². The summed E-state index contributed by atoms with van der Waals surface area (Å²) in [7, 11) is -4.08. The third-order valence-electron chi connectivity index (χ3n) is 7.54. The van der Waals surface area contributed by atoms with Crippen LogP contribution in [0.2, 0.25) is 0 Å². The molecule has 0 saturated carbocycles. The van der Waals surface area contributed by atoms with Crippen LogP contribution < -0.4 is 9.47 Å². The number of aryl methyl sites for hydroxylation is 1. The zero-order valence-electron chi connectivity index (χ0n) is 23.9. The normalized spacial score (nSPS) is 15.6. The maximum absolute atomic E-state index is 11.5. The van der Waals surface area contributed by atoms with E-state index in [1.54, 1.807) is 23.1 Å². The molecule has 8 nitrogen and oxygen atoms in total. The standard InChI is InChI=1S/C32H30N2O6S4/c1-2-22(21-30-34(17-18-40-43(35)36)32-26-11-6-4-9-24(26)13-15-28(32)42-30)20-29-33(16-7-19-44(37,38)39)31-25-10-5-3-8-23(25)12-14-27(31)41-29/h3-6,8-15,20-21H,2,7,16-19H2,1H3,(H-,35,36,37,38,39)/p+1. The van der Waals surface area contributed by atoms with Gasteiger partial charge in [0, 0.05) is 29.3 Å². The number of allylic oxidation sites excluding steroid dienone is 2. The highest BCUT2D eigenvalue weighted by atomic mass is 32.2. The zero-order chi connectivity index (χ0) is 30.8. The molecular formula is C32H31N2O6S4+. The zero-order valence-corrected chi connectivity index (χ0v) is 27.1. The van der Waals surface area contributed by atoms with Crippen LogP contribution in [0.1, 0.15) is 24.8 Å². The van der Waals surface area contributed by atoms with Gasteiger partial charge in [-0.25, -0.2) is 0 Å². The monoisotopic (exact) mass is 667 g/mol. The van der Waals surface area contributed by atoms with E-state index in [9.17, 15) is 21.7 Å². The molecule has 0 radical (unpaired) electrons. The van der Waals surface area contributed by atoms with E-state index in [1.807, 2.05) is 24.3 Å². The van der Waals surface area contributed by atoms with Crippen molar-refractivity contribution >= 4 is 88.1 Å². The summed E-state index contributed by atoms with van der Waals surface area (Å²) in [6.07, 6.45) is 5.33. The Balaban J connectivity index is 1.44. The van der Waals surface area contributed by atoms with Crippen LogP contribution in [-0.2, 0) is 32.2 Å². The molecule has 0 fully saturated rings. The molecule has 0 bridgehead atoms. The number of thioether (sulfide) groups is 1. The number of anilines is 1. The second-order valence-electron chi connectivity index (χ2n) is 10.3. The molecule has 12 heteroatoms. The molecule has 6 rings (SSSR count). The van der Waals surface area contributed by atoms with Crippen LogP contribution >= 0.6 is 23.1 Å². The molecule has 1 aromatic heterocycles. The molecule has 228 valence electrons. The fourth-order valence-electron chi connectivity index (χ4n) is 5.57. The third-order valence-corrected chi connectivity index (χ3v) is 10.9. The SMILES string of the molecule is CCC(=Cc1sc2ccc3ccccc3c2[n+]1CCCS(=O)(=O)O)C=C1Sc2ccc3ccccc3c2N1CCOS(=O)O. The summed E-state index contributed by atoms with van der Waals surface area (Å²) in [5, 5.41) is 6.37. The summed E-state index contributed by atoms with van der Waals surface area (Å²) < 4.78 is 61.2. The number of rotatable bonds is 11. The van der Waals surface area contributed by atoms with Gasteiger partial charge in [0.05, 0.1) is 28.5 Å². The molecule has 0 saturated heterocycles. The molecule has 1 aliphatic heterocycles. The molecule has 44 heavy (non-hydrogen) atoms. The van der Waals surface area contributed by atoms with Crippen molar-refractivity contribution in [3.63, 3.8) is 0 Å². The van der Waals surface area contributed by atoms with Crippen LogP contribution in [0.25, 0.3) is 37.8 Å². The van der Waals surface area contributed by atoms with E-state index >= 15 is 0 Å². The smallest absolute Gasteiger partial charge is 0.301 e. The lowest BCUT2D eigenvalue weighted by Gasteiger charge is -2.21. The lowest BCUT2D eigenvalue weighted by atomic mass is 10.1. The lowest BCUT2D eigenvalue weighted by molar-refractivity contribution is -0.667. The Morgan fingerprint density at radius 1 is 1.02 bits per heavy atom. The van der Waals surface area contributed by atoms with Gasteiger partial charge in [-0.1, -0.05) is 84.6 Å². The van der Waals surface area contributed by atoms with Gasteiger partial charge in [0.25, 0.3) is 15.1 Å². The molecule has 0 spiro atoms. The van der Waals surface area contributed by atoms with Crippen LogP contribution in [0.3, 0.4) is 0 Å². The third kappa shape index (κ3) is 6.62. The number of hydrogen-bond donors (Lipinski definition) is 2. The topological polar surface area (TPSA) is 108 Å². The second kappa shape index (κ2) is 13.1. The largest absolute Gasteiger partial charge is 0.332 e. The van der Waals surface area contributed by atoms with E-state index in [1.165, 1.54) is 0 Å². The first-order valence-corrected chi connectivity index (χ1v) is 18.4. The molecule has 4 aromatic carbocycles. The number of hydrogen-bond acceptors (Lipinski definition) is 7. The van der Waals surface area contributed by atoms with Crippen molar-refractivity contribution in [2.24, 2.45) is 0 Å². The highest BCUT2D eigenvalue weighted by molar-refractivity contribution is 8.03. The number of nitrogens with zero attached hydrogens (tertiary/aromatic N) is 2. The summed E-state index contributed by atoms with van der Waals surface area (Å²) in [6, 6.07) is 24.7. The van der Waals surface area contributed by atoms with Crippen molar-refractivity contribution in [3.8, 4) is 0 Å². The quantitative estimate of drug-likeness (QED) is 0.0867. The van der Waals surface area contributed by atoms with Gasteiger partial charge in [-0.3, -0.25) is 13.3 Å². The van der Waals surface area contributed by atoms with E-state index in [2.05, 4.69) is 77.1 Å². The molecule has 2 N–H and O–H groups in total. The van der Waals surface area contributed by atoms with Crippen molar-refractivity contribution in [2.75, 3.05) is 23.8 Å². The van der Waals surface area contributed by atoms with Crippen LogP contribution in [0.5, 0.6) is 0 Å². The number of thiazole rings is 1. The van der Waals surface area contributed by atoms with Crippen LogP contribution in [0.4, 0.5) is 5.69 Å². The fourth-order valence-corrected chi connectivity index (χ4v) is 8.65. The average Bonchev–Trinajstić information content (AvgIpc) is 3.53. The number of fused-ring (bicyclic) bond motifs is 6. The fraction of sp³-hybridized carbons (Fsp3) is 0.219. The maximum atomic E-state index is 11.5. The summed E-state index contributed by atoms with van der Waals surface area (Å²) in [4.78, 5) is 3.25. The van der Waals surface area contributed by atoms with E-state index < -0.39 is 21.5 Å². The summed E-state index contributed by atoms with van der Waals surface area (Å²) >= 11 is 0.954. The Morgan fingerprint density at radius 2 is 1.73 bits per heavy atom. The first-order chi connectivity index (χ1) is 21.2. The van der Waals surface area contributed by atoms with Gasteiger partial charge in [0.1, 0.15) is 4.70 Å². The van der Waals surface area contributed by atoms with Crippen molar-refractivity contribution in [2.45, 2.75) is 31.2 Å². The Labute approximate surface area is 266 Å². The van der Waals surface area contributed by atoms with Crippen molar-refractivity contribution in [1.82, 2.24) is 0 Å². The van der Waals surface area contributed by atoms with E-state index in [-0.39, 0.29) is 18.8 Å². The first-order valence-electron chi connectivity index (χ1n) is 14.1. The van der Waals surface area contributed by atoms with E-state index in [0.717, 1.165) is 64.4 Å². The van der Waals surface area contributed by atoms with Gasteiger partial charge in [-0.2, -0.15) is 17.2 Å². The maximum Gasteiger partial charge on any atom is 0.301 e. The number of benzene rings is 4. The molecule has 0 amide bonds. The predicted octanol–water partition coefficient (Wildman–Crippen LogP) is 7.17. The Hall–Kier alpha value is -3.10. The van der Waals surface area contributed by atoms with Crippen molar-refractivity contribution in [3.05, 3.63) is 94.5 Å². The molecular weight excluding hydrogens is 637 g/mol. The van der Waals surface area contributed by atoms with Crippen LogP contribution in [0, 0.1) is 0 Å². The van der Waals surface area contributed by atoms with Gasteiger partial charge < -0.3 is 4.90 Å². The van der Waals surface area contributed by atoms with Crippen molar-refractivity contribution in [1.29, 1.82) is 0 Å². The Bertz CT molecular complexity index is 2070. The van der Waals surface area contributed by atoms with Gasteiger partial charge in [-0.15, -0.1) is 0 Å². The molecule has 1 unspecified atom stereocenters. The molecule has 5 aromatic rings. The first kappa shape index (κ1) is 30.9. The van der Waals surface area contributed by atoms with Gasteiger partial charge >= 0.3 is 11.4 Å². The van der Waals surface area contributed by atoms with Gasteiger partial charge in [0.2, 0.25) is 5.52 Å². The number of aromatic nitrogens is 1. The van der Waals surface area contributed by atoms with Gasteiger partial charge in [-0.05, 0) is 47.0 Å². The molecule has 0 aliphatic carbocycles. The highest BCUT2D eigenvalue weighted by Gasteiger charge is 2.28. The molecule has 1 atom stereocenters. The van der Waals surface area contributed by atoms with Crippen molar-refractivity contribution < 1.29 is 30.5 Å². The van der Waals surface area contributed by atoms with Crippen LogP contribution in [-0.4, -0.2) is 40.6 Å². The Morgan fingerprint density at radius 3 is 2.45 bits per heavy atom. The minimum atomic E-state index is -4.08. The predicted molar refractivity (Wildman–Crippen MR) is 181 cm³/mol. The minimum absolute atomic E-state index is 0.0754. The highest BCUT2D eigenvalue weighted by Crippen LogP contribution is 2.49. The van der Waals surface area contributed by atoms with Crippen LogP contribution in [0.15, 0.2) is 94.4 Å². The lowest BCUT2D eigenvalue weighted by Crippen LogP contribution is -2.36. The molecule has 2 heterocycles. The minimum Gasteiger partial charge on any atom is -0.332 e. The second-order valence-corrected chi connectivity index (χ2v) is 14.7. The summed E-state index contributed by atoms with van der Waals surface area (Å²) in [6.45, 7) is 3.00. The van der Waals surface area contributed by atoms with Gasteiger partial charge in [0.15, 0.2) is 6.54 Å². The van der Waals surface area contributed by atoms with E-state index in [4.69, 9.17) is 4.18 Å². The Kier molecular flexibility index (Phi) is 9.20. The summed E-state index contributed by atoms with van der Waals surface area (Å²) in [5.41, 5.74) is 3.17. The molecule has 1 aliphatic rings. The summed E-state index contributed by atoms with van der Waals surface area (Å²) in [5.74, 6) is -0.311.